The molecular weight excluding hydrogens is 290 g/mol. The summed E-state index contributed by atoms with van der Waals surface area (Å²) in [6.45, 7) is 1.78. The Balaban J connectivity index is 2.32. The van der Waals surface area contributed by atoms with Gasteiger partial charge in [-0.3, -0.25) is 9.78 Å². The number of aromatic hydroxyl groups is 1. The molecule has 0 unspecified atom stereocenters. The van der Waals surface area contributed by atoms with Crippen molar-refractivity contribution in [3.63, 3.8) is 0 Å². The van der Waals surface area contributed by atoms with Crippen LogP contribution < -0.4 is 5.56 Å². The van der Waals surface area contributed by atoms with Crippen LogP contribution in [0.15, 0.2) is 35.3 Å². The van der Waals surface area contributed by atoms with E-state index in [9.17, 15) is 9.90 Å². The quantitative estimate of drug-likeness (QED) is 0.763. The van der Waals surface area contributed by atoms with Gasteiger partial charge in [-0.15, -0.1) is 0 Å². The standard InChI is InChI=1S/C15H12ClN3O2/c1-2-8-14(20)18-13(19-15(8)21)10-5-6-11(16)9-4-3-7-17-12(9)10/h3-7H,2H2,1H3,(H2,18,19,20,21). The second-order valence-electron chi connectivity index (χ2n) is 4.56. The first kappa shape index (κ1) is 13.6. The fraction of sp³-hybridized carbons (Fsp3) is 0.133. The molecule has 106 valence electrons. The van der Waals surface area contributed by atoms with Gasteiger partial charge in [0.1, 0.15) is 5.82 Å². The van der Waals surface area contributed by atoms with Crippen LogP contribution in [0.2, 0.25) is 5.02 Å². The third-order valence-corrected chi connectivity index (χ3v) is 3.65. The highest BCUT2D eigenvalue weighted by atomic mass is 35.5. The number of pyridine rings is 1. The molecule has 1 aromatic carbocycles. The number of H-pyrrole nitrogens is 1. The highest BCUT2D eigenvalue weighted by Gasteiger charge is 2.13. The van der Waals surface area contributed by atoms with Gasteiger partial charge in [-0.05, 0) is 30.7 Å². The lowest BCUT2D eigenvalue weighted by Crippen LogP contribution is -2.14. The first-order valence-corrected chi connectivity index (χ1v) is 6.85. The molecule has 6 heteroatoms. The molecule has 0 aliphatic carbocycles. The van der Waals surface area contributed by atoms with Crippen LogP contribution in [0.4, 0.5) is 0 Å². The van der Waals surface area contributed by atoms with Crippen LogP contribution in [0, 0.1) is 0 Å². The molecule has 3 rings (SSSR count). The monoisotopic (exact) mass is 301 g/mol. The molecule has 0 radical (unpaired) electrons. The third kappa shape index (κ3) is 2.25. The fourth-order valence-electron chi connectivity index (χ4n) is 2.26. The summed E-state index contributed by atoms with van der Waals surface area (Å²) in [4.78, 5) is 23.0. The first-order valence-electron chi connectivity index (χ1n) is 6.47. The van der Waals surface area contributed by atoms with Crippen LogP contribution in [0.3, 0.4) is 0 Å². The van der Waals surface area contributed by atoms with Crippen molar-refractivity contribution in [2.24, 2.45) is 0 Å². The number of nitrogens with one attached hydrogen (secondary N) is 1. The van der Waals surface area contributed by atoms with Crippen LogP contribution in [-0.4, -0.2) is 20.1 Å². The summed E-state index contributed by atoms with van der Waals surface area (Å²) in [5.74, 6) is 0.0188. The molecule has 5 nitrogen and oxygen atoms in total. The van der Waals surface area contributed by atoms with Crippen LogP contribution in [-0.2, 0) is 6.42 Å². The normalized spacial score (nSPS) is 11.0. The van der Waals surface area contributed by atoms with Gasteiger partial charge in [-0.1, -0.05) is 18.5 Å². The lowest BCUT2D eigenvalue weighted by molar-refractivity contribution is 0.444. The lowest BCUT2D eigenvalue weighted by atomic mass is 10.1. The Hall–Kier alpha value is -2.40. The van der Waals surface area contributed by atoms with Crippen LogP contribution in [0.5, 0.6) is 5.88 Å². The summed E-state index contributed by atoms with van der Waals surface area (Å²) in [5.41, 5.74) is 1.16. The Labute approximate surface area is 125 Å². The second-order valence-corrected chi connectivity index (χ2v) is 4.97. The maximum Gasteiger partial charge on any atom is 0.258 e. The Bertz CT molecular complexity index is 890. The van der Waals surface area contributed by atoms with E-state index in [1.807, 2.05) is 6.07 Å². The van der Waals surface area contributed by atoms with Gasteiger partial charge in [0.15, 0.2) is 0 Å². The zero-order valence-corrected chi connectivity index (χ0v) is 12.0. The number of fused-ring (bicyclic) bond motifs is 1. The predicted octanol–water partition coefficient (Wildman–Crippen LogP) is 2.91. The first-order chi connectivity index (χ1) is 10.1. The van der Waals surface area contributed by atoms with Crippen molar-refractivity contribution in [3.8, 4) is 17.3 Å². The van der Waals surface area contributed by atoms with Crippen LogP contribution in [0.25, 0.3) is 22.3 Å². The molecule has 0 amide bonds. The topological polar surface area (TPSA) is 78.9 Å². The Morgan fingerprint density at radius 3 is 2.86 bits per heavy atom. The SMILES string of the molecule is CCc1c(O)nc(-c2ccc(Cl)c3cccnc23)[nH]c1=O. The van der Waals surface area contributed by atoms with E-state index in [0.29, 0.717) is 22.5 Å². The van der Waals surface area contributed by atoms with E-state index in [1.165, 1.54) is 0 Å². The summed E-state index contributed by atoms with van der Waals surface area (Å²) < 4.78 is 0. The van der Waals surface area contributed by atoms with E-state index >= 15 is 0 Å². The minimum atomic E-state index is -0.348. The summed E-state index contributed by atoms with van der Waals surface area (Å²) in [7, 11) is 0. The van der Waals surface area contributed by atoms with Gasteiger partial charge in [0.05, 0.1) is 16.1 Å². The number of hydrogen-bond donors (Lipinski definition) is 2. The lowest BCUT2D eigenvalue weighted by Gasteiger charge is -2.08. The van der Waals surface area contributed by atoms with Gasteiger partial charge >= 0.3 is 0 Å². The van der Waals surface area contributed by atoms with E-state index < -0.39 is 0 Å². The molecule has 0 saturated carbocycles. The number of benzene rings is 1. The largest absolute Gasteiger partial charge is 0.493 e. The van der Waals surface area contributed by atoms with Crippen molar-refractivity contribution in [3.05, 3.63) is 51.4 Å². The van der Waals surface area contributed by atoms with Crippen LogP contribution >= 0.6 is 11.6 Å². The highest BCUT2D eigenvalue weighted by Crippen LogP contribution is 2.30. The summed E-state index contributed by atoms with van der Waals surface area (Å²) in [5, 5.41) is 11.2. The minimum Gasteiger partial charge on any atom is -0.493 e. The Morgan fingerprint density at radius 2 is 2.14 bits per heavy atom. The van der Waals surface area contributed by atoms with E-state index in [2.05, 4.69) is 15.0 Å². The smallest absolute Gasteiger partial charge is 0.258 e. The summed E-state index contributed by atoms with van der Waals surface area (Å²) in [6, 6.07) is 7.06. The molecule has 0 spiro atoms. The van der Waals surface area contributed by atoms with E-state index in [0.717, 1.165) is 5.39 Å². The van der Waals surface area contributed by atoms with Crippen molar-refractivity contribution in [1.29, 1.82) is 0 Å². The maximum absolute atomic E-state index is 12.0. The van der Waals surface area contributed by atoms with Gasteiger partial charge in [-0.25, -0.2) is 0 Å². The molecule has 0 fully saturated rings. The average molecular weight is 302 g/mol. The number of rotatable bonds is 2. The molecule has 3 aromatic rings. The molecule has 0 aliphatic rings. The molecule has 2 aromatic heterocycles. The van der Waals surface area contributed by atoms with E-state index in [1.54, 1.807) is 31.3 Å². The number of aromatic amines is 1. The number of halogens is 1. The van der Waals surface area contributed by atoms with Gasteiger partial charge < -0.3 is 10.1 Å². The highest BCUT2D eigenvalue weighted by molar-refractivity contribution is 6.35. The van der Waals surface area contributed by atoms with E-state index in [-0.39, 0.29) is 22.8 Å². The predicted molar refractivity (Wildman–Crippen MR) is 81.6 cm³/mol. The fourth-order valence-corrected chi connectivity index (χ4v) is 2.48. The summed E-state index contributed by atoms with van der Waals surface area (Å²) >= 11 is 6.14. The molecule has 0 atom stereocenters. The van der Waals surface area contributed by atoms with Gasteiger partial charge in [-0.2, -0.15) is 4.98 Å². The zero-order valence-electron chi connectivity index (χ0n) is 11.2. The Morgan fingerprint density at radius 1 is 1.33 bits per heavy atom. The van der Waals surface area contributed by atoms with Crippen molar-refractivity contribution in [2.45, 2.75) is 13.3 Å². The van der Waals surface area contributed by atoms with Crippen molar-refractivity contribution in [2.75, 3.05) is 0 Å². The van der Waals surface area contributed by atoms with Crippen molar-refractivity contribution in [1.82, 2.24) is 15.0 Å². The van der Waals surface area contributed by atoms with E-state index in [4.69, 9.17) is 11.6 Å². The Kier molecular flexibility index (Phi) is 3.35. The number of nitrogens with zero attached hydrogens (tertiary/aromatic N) is 2. The molecule has 0 bridgehead atoms. The number of hydrogen-bond acceptors (Lipinski definition) is 4. The van der Waals surface area contributed by atoms with Gasteiger partial charge in [0.25, 0.3) is 5.56 Å². The number of aromatic nitrogens is 3. The second kappa shape index (κ2) is 5.18. The molecule has 2 N–H and O–H groups in total. The van der Waals surface area contributed by atoms with Gasteiger partial charge in [0, 0.05) is 17.1 Å². The third-order valence-electron chi connectivity index (χ3n) is 3.32. The minimum absolute atomic E-state index is 0.254. The van der Waals surface area contributed by atoms with Crippen molar-refractivity contribution >= 4 is 22.5 Å². The maximum atomic E-state index is 12.0. The van der Waals surface area contributed by atoms with Gasteiger partial charge in [0.2, 0.25) is 5.88 Å². The van der Waals surface area contributed by atoms with Crippen LogP contribution in [0.1, 0.15) is 12.5 Å². The molecule has 0 aliphatic heterocycles. The molecule has 21 heavy (non-hydrogen) atoms. The molecular formula is C15H12ClN3O2. The molecule has 0 saturated heterocycles. The molecule has 2 heterocycles. The van der Waals surface area contributed by atoms with Crippen molar-refractivity contribution < 1.29 is 5.11 Å². The summed E-state index contributed by atoms with van der Waals surface area (Å²) in [6.07, 6.45) is 2.05. The average Bonchev–Trinajstić information content (AvgIpc) is 2.47. The zero-order chi connectivity index (χ0) is 15.0.